The molecule has 0 radical (unpaired) electrons. The van der Waals surface area contributed by atoms with E-state index in [2.05, 4.69) is 10.0 Å². The van der Waals surface area contributed by atoms with Gasteiger partial charge in [0.25, 0.3) is 5.91 Å². The SMILES string of the molecule is CC(=O)c1ccccc1NC(=O)COC(=O)CCNS(=O)(=O)c1cccs1. The van der Waals surface area contributed by atoms with Crippen LogP contribution in [0.25, 0.3) is 0 Å². The summed E-state index contributed by atoms with van der Waals surface area (Å²) in [6.45, 7) is 0.693. The van der Waals surface area contributed by atoms with E-state index in [0.717, 1.165) is 11.3 Å². The van der Waals surface area contributed by atoms with Gasteiger partial charge < -0.3 is 10.1 Å². The van der Waals surface area contributed by atoms with Crippen LogP contribution in [0.1, 0.15) is 23.7 Å². The van der Waals surface area contributed by atoms with Crippen LogP contribution in [-0.4, -0.2) is 39.2 Å². The van der Waals surface area contributed by atoms with Crippen LogP contribution in [-0.2, 0) is 24.3 Å². The first-order valence-corrected chi connectivity index (χ1v) is 10.2. The molecule has 2 N–H and O–H groups in total. The summed E-state index contributed by atoms with van der Waals surface area (Å²) in [7, 11) is -3.65. The van der Waals surface area contributed by atoms with Crippen LogP contribution in [0.15, 0.2) is 46.0 Å². The molecule has 0 fully saturated rings. The number of Topliss-reactive ketones (excluding diaryl/α,β-unsaturated/α-hetero) is 1. The van der Waals surface area contributed by atoms with E-state index in [4.69, 9.17) is 4.74 Å². The first-order valence-electron chi connectivity index (χ1n) is 7.88. The molecule has 0 spiro atoms. The molecular weight excluding hydrogens is 392 g/mol. The van der Waals surface area contributed by atoms with E-state index in [1.165, 1.54) is 13.0 Å². The zero-order chi connectivity index (χ0) is 19.9. The third-order valence-corrected chi connectivity index (χ3v) is 6.18. The Bertz CT molecular complexity index is 923. The number of hydrogen-bond donors (Lipinski definition) is 2. The molecule has 1 aromatic heterocycles. The Morgan fingerprint density at radius 1 is 1.11 bits per heavy atom. The number of amides is 1. The molecule has 1 amide bonds. The molecule has 1 aromatic carbocycles. The number of anilines is 1. The van der Waals surface area contributed by atoms with Gasteiger partial charge >= 0.3 is 5.97 Å². The topological polar surface area (TPSA) is 119 Å². The van der Waals surface area contributed by atoms with Crippen molar-refractivity contribution in [3.63, 3.8) is 0 Å². The van der Waals surface area contributed by atoms with Crippen LogP contribution >= 0.6 is 11.3 Å². The number of carbonyl (C=O) groups is 3. The Morgan fingerprint density at radius 3 is 2.52 bits per heavy atom. The van der Waals surface area contributed by atoms with Crippen LogP contribution in [0.5, 0.6) is 0 Å². The second-order valence-corrected chi connectivity index (χ2v) is 8.33. The normalized spacial score (nSPS) is 11.0. The predicted octanol–water partition coefficient (Wildman–Crippen LogP) is 1.80. The molecule has 10 heteroatoms. The quantitative estimate of drug-likeness (QED) is 0.481. The van der Waals surface area contributed by atoms with Gasteiger partial charge in [0.15, 0.2) is 12.4 Å². The molecule has 2 rings (SSSR count). The highest BCUT2D eigenvalue weighted by atomic mass is 32.2. The molecule has 8 nitrogen and oxygen atoms in total. The Balaban J connectivity index is 1.76. The number of benzene rings is 1. The van der Waals surface area contributed by atoms with Gasteiger partial charge in [0, 0.05) is 12.1 Å². The standard InChI is InChI=1S/C17H18N2O6S2/c1-12(20)13-5-2-3-6-14(13)19-15(21)11-25-16(22)8-9-18-27(23,24)17-7-4-10-26-17/h2-7,10,18H,8-9,11H2,1H3,(H,19,21). The number of thiophene rings is 1. The molecule has 0 atom stereocenters. The Kier molecular flexibility index (Phi) is 7.22. The number of hydrogen-bond acceptors (Lipinski definition) is 7. The largest absolute Gasteiger partial charge is 0.456 e. The summed E-state index contributed by atoms with van der Waals surface area (Å²) in [6, 6.07) is 9.53. The molecular formula is C17H18N2O6S2. The van der Waals surface area contributed by atoms with E-state index in [1.807, 2.05) is 0 Å². The number of sulfonamides is 1. The third-order valence-electron chi connectivity index (χ3n) is 3.33. The van der Waals surface area contributed by atoms with Crippen LogP contribution in [0.3, 0.4) is 0 Å². The lowest BCUT2D eigenvalue weighted by Gasteiger charge is -2.09. The van der Waals surface area contributed by atoms with Gasteiger partial charge in [0.1, 0.15) is 4.21 Å². The maximum absolute atomic E-state index is 11.9. The summed E-state index contributed by atoms with van der Waals surface area (Å²) < 4.78 is 31.0. The monoisotopic (exact) mass is 410 g/mol. The summed E-state index contributed by atoms with van der Waals surface area (Å²) in [4.78, 5) is 35.0. The fourth-order valence-electron chi connectivity index (χ4n) is 2.08. The zero-order valence-corrected chi connectivity index (χ0v) is 16.1. The van der Waals surface area contributed by atoms with Gasteiger partial charge in [0.2, 0.25) is 10.0 Å². The van der Waals surface area contributed by atoms with Crippen molar-refractivity contribution in [3.05, 3.63) is 47.3 Å². The molecule has 0 unspecified atom stereocenters. The van der Waals surface area contributed by atoms with Crippen molar-refractivity contribution in [2.24, 2.45) is 0 Å². The Morgan fingerprint density at radius 2 is 1.85 bits per heavy atom. The number of rotatable bonds is 9. The molecule has 1 heterocycles. The Labute approximate surface area is 160 Å². The summed E-state index contributed by atoms with van der Waals surface area (Å²) in [5.41, 5.74) is 0.676. The van der Waals surface area contributed by atoms with Crippen molar-refractivity contribution < 1.29 is 27.5 Å². The highest BCUT2D eigenvalue weighted by Gasteiger charge is 2.16. The summed E-state index contributed by atoms with van der Waals surface area (Å²) in [5, 5.41) is 4.13. The minimum atomic E-state index is -3.65. The molecule has 27 heavy (non-hydrogen) atoms. The van der Waals surface area contributed by atoms with Crippen LogP contribution in [0.2, 0.25) is 0 Å². The molecule has 0 aliphatic rings. The average molecular weight is 410 g/mol. The van der Waals surface area contributed by atoms with E-state index >= 15 is 0 Å². The van der Waals surface area contributed by atoms with Crippen molar-refractivity contribution in [1.82, 2.24) is 4.72 Å². The summed E-state index contributed by atoms with van der Waals surface area (Å²) in [6.07, 6.45) is -0.220. The second kappa shape index (κ2) is 9.40. The van der Waals surface area contributed by atoms with Crippen molar-refractivity contribution in [3.8, 4) is 0 Å². The van der Waals surface area contributed by atoms with E-state index in [1.54, 1.807) is 35.7 Å². The summed E-state index contributed by atoms with van der Waals surface area (Å²) >= 11 is 1.06. The molecule has 0 aliphatic carbocycles. The molecule has 0 saturated heterocycles. The lowest BCUT2D eigenvalue weighted by molar-refractivity contribution is -0.147. The molecule has 0 aliphatic heterocycles. The second-order valence-electron chi connectivity index (χ2n) is 5.39. The fraction of sp³-hybridized carbons (Fsp3) is 0.235. The lowest BCUT2D eigenvalue weighted by Crippen LogP contribution is -2.27. The smallest absolute Gasteiger partial charge is 0.307 e. The average Bonchev–Trinajstić information content (AvgIpc) is 3.16. The van der Waals surface area contributed by atoms with Crippen molar-refractivity contribution in [1.29, 1.82) is 0 Å². The molecule has 0 saturated carbocycles. The predicted molar refractivity (Wildman–Crippen MR) is 100 cm³/mol. The maximum Gasteiger partial charge on any atom is 0.307 e. The molecule has 2 aromatic rings. The number of para-hydroxylation sites is 1. The van der Waals surface area contributed by atoms with Crippen LogP contribution in [0.4, 0.5) is 5.69 Å². The minimum Gasteiger partial charge on any atom is -0.456 e. The van der Waals surface area contributed by atoms with Crippen molar-refractivity contribution in [2.75, 3.05) is 18.5 Å². The Hall–Kier alpha value is -2.56. The highest BCUT2D eigenvalue weighted by Crippen LogP contribution is 2.16. The number of esters is 1. The van der Waals surface area contributed by atoms with Gasteiger partial charge in [-0.25, -0.2) is 13.1 Å². The molecule has 144 valence electrons. The van der Waals surface area contributed by atoms with Gasteiger partial charge in [-0.15, -0.1) is 11.3 Å². The van der Waals surface area contributed by atoms with E-state index in [9.17, 15) is 22.8 Å². The van der Waals surface area contributed by atoms with Gasteiger partial charge in [-0.05, 0) is 30.5 Å². The van der Waals surface area contributed by atoms with Gasteiger partial charge in [-0.3, -0.25) is 14.4 Å². The number of ketones is 1. The maximum atomic E-state index is 11.9. The van der Waals surface area contributed by atoms with Gasteiger partial charge in [-0.1, -0.05) is 18.2 Å². The van der Waals surface area contributed by atoms with E-state index < -0.39 is 28.5 Å². The van der Waals surface area contributed by atoms with Crippen LogP contribution in [0, 0.1) is 0 Å². The lowest BCUT2D eigenvalue weighted by atomic mass is 10.1. The first-order chi connectivity index (χ1) is 12.8. The highest BCUT2D eigenvalue weighted by molar-refractivity contribution is 7.91. The van der Waals surface area contributed by atoms with Gasteiger partial charge in [-0.2, -0.15) is 0 Å². The van der Waals surface area contributed by atoms with Crippen molar-refractivity contribution in [2.45, 2.75) is 17.6 Å². The summed E-state index contributed by atoms with van der Waals surface area (Å²) in [5.74, 6) is -1.53. The van der Waals surface area contributed by atoms with Crippen LogP contribution < -0.4 is 10.0 Å². The first kappa shape index (κ1) is 20.7. The number of carbonyl (C=O) groups excluding carboxylic acids is 3. The third kappa shape index (κ3) is 6.27. The van der Waals surface area contributed by atoms with Gasteiger partial charge in [0.05, 0.1) is 12.1 Å². The van der Waals surface area contributed by atoms with E-state index in [0.29, 0.717) is 11.3 Å². The zero-order valence-electron chi connectivity index (χ0n) is 14.4. The number of nitrogens with one attached hydrogen (secondary N) is 2. The van der Waals surface area contributed by atoms with E-state index in [-0.39, 0.29) is 23.0 Å². The molecule has 0 bridgehead atoms. The number of ether oxygens (including phenoxy) is 1. The fourth-order valence-corrected chi connectivity index (χ4v) is 4.15. The minimum absolute atomic E-state index is 0.145. The van der Waals surface area contributed by atoms with Crippen molar-refractivity contribution >= 4 is 44.7 Å².